The summed E-state index contributed by atoms with van der Waals surface area (Å²) in [6, 6.07) is 2.23. The average molecular weight is 331 g/mol. The second-order valence-corrected chi connectivity index (χ2v) is 6.23. The van der Waals surface area contributed by atoms with E-state index in [9.17, 15) is 21.6 Å². The zero-order valence-electron chi connectivity index (χ0n) is 10.6. The summed E-state index contributed by atoms with van der Waals surface area (Å²) in [5.41, 5.74) is -1.10. The van der Waals surface area contributed by atoms with Crippen molar-refractivity contribution in [3.8, 4) is 0 Å². The van der Waals surface area contributed by atoms with E-state index in [1.54, 1.807) is 7.05 Å². The lowest BCUT2D eigenvalue weighted by Crippen LogP contribution is -2.27. The minimum absolute atomic E-state index is 0.122. The maximum Gasteiger partial charge on any atom is 0.416 e. The van der Waals surface area contributed by atoms with Gasteiger partial charge in [0.2, 0.25) is 10.0 Å². The maximum atomic E-state index is 12.6. The largest absolute Gasteiger partial charge is 0.416 e. The van der Waals surface area contributed by atoms with Crippen LogP contribution >= 0.6 is 11.6 Å². The van der Waals surface area contributed by atoms with Crippen LogP contribution < -0.4 is 10.0 Å². The summed E-state index contributed by atoms with van der Waals surface area (Å²) in [6.45, 7) is 0.711. The molecule has 1 rings (SSSR count). The molecule has 0 saturated carbocycles. The number of sulfonamides is 1. The average Bonchev–Trinajstić information content (AvgIpc) is 2.33. The van der Waals surface area contributed by atoms with Crippen LogP contribution in [0, 0.1) is 0 Å². The van der Waals surface area contributed by atoms with E-state index in [4.69, 9.17) is 11.6 Å². The fourth-order valence-electron chi connectivity index (χ4n) is 1.44. The number of nitrogens with one attached hydrogen (secondary N) is 2. The van der Waals surface area contributed by atoms with Crippen molar-refractivity contribution in [1.82, 2.24) is 10.0 Å². The van der Waals surface area contributed by atoms with Gasteiger partial charge in [0.15, 0.2) is 0 Å². The smallest absolute Gasteiger partial charge is 0.320 e. The Hall–Kier alpha value is -0.830. The summed E-state index contributed by atoms with van der Waals surface area (Å²) in [4.78, 5) is -0.498. The van der Waals surface area contributed by atoms with Gasteiger partial charge in [-0.3, -0.25) is 0 Å². The Labute approximate surface area is 120 Å². The van der Waals surface area contributed by atoms with Crippen LogP contribution in [0.1, 0.15) is 12.0 Å². The molecule has 9 heteroatoms. The van der Waals surface area contributed by atoms with Gasteiger partial charge in [0.1, 0.15) is 0 Å². The van der Waals surface area contributed by atoms with Gasteiger partial charge in [-0.25, -0.2) is 13.1 Å². The van der Waals surface area contributed by atoms with E-state index >= 15 is 0 Å². The van der Waals surface area contributed by atoms with Gasteiger partial charge in [0, 0.05) is 11.6 Å². The summed E-state index contributed by atoms with van der Waals surface area (Å²) < 4.78 is 63.8. The number of halogens is 4. The highest BCUT2D eigenvalue weighted by atomic mass is 35.5. The molecule has 0 bridgehead atoms. The molecule has 0 aliphatic rings. The Bertz CT molecular complexity index is 561. The molecular weight excluding hydrogens is 317 g/mol. The van der Waals surface area contributed by atoms with Crippen molar-refractivity contribution in [3.63, 3.8) is 0 Å². The quantitative estimate of drug-likeness (QED) is 0.787. The number of hydrogen-bond acceptors (Lipinski definition) is 3. The first-order valence-electron chi connectivity index (χ1n) is 5.69. The number of rotatable bonds is 6. The lowest BCUT2D eigenvalue weighted by molar-refractivity contribution is -0.137. The molecule has 114 valence electrons. The molecule has 0 amide bonds. The molecule has 0 heterocycles. The molecule has 0 spiro atoms. The predicted octanol–water partition coefficient (Wildman–Crippen LogP) is 2.25. The van der Waals surface area contributed by atoms with Crippen LogP contribution in [-0.2, 0) is 16.2 Å². The maximum absolute atomic E-state index is 12.6. The Morgan fingerprint density at radius 2 is 1.85 bits per heavy atom. The molecule has 0 aliphatic heterocycles. The molecular formula is C11H14ClF3N2O2S. The van der Waals surface area contributed by atoms with Gasteiger partial charge in [-0.05, 0) is 38.2 Å². The van der Waals surface area contributed by atoms with E-state index in [-0.39, 0.29) is 11.6 Å². The third-order valence-electron chi connectivity index (χ3n) is 2.40. The van der Waals surface area contributed by atoms with Crippen LogP contribution in [0.2, 0.25) is 5.02 Å². The fourth-order valence-corrected chi connectivity index (χ4v) is 2.88. The minimum Gasteiger partial charge on any atom is -0.320 e. The molecule has 1 aromatic carbocycles. The van der Waals surface area contributed by atoms with Crippen LogP contribution in [0.25, 0.3) is 0 Å². The van der Waals surface area contributed by atoms with Gasteiger partial charge in [-0.2, -0.15) is 13.2 Å². The summed E-state index contributed by atoms with van der Waals surface area (Å²) in [6.07, 6.45) is -4.14. The molecule has 2 N–H and O–H groups in total. The Balaban J connectivity index is 2.98. The number of benzene rings is 1. The van der Waals surface area contributed by atoms with E-state index in [0.717, 1.165) is 6.07 Å². The second-order valence-electron chi connectivity index (χ2n) is 4.03. The zero-order valence-corrected chi connectivity index (χ0v) is 12.2. The van der Waals surface area contributed by atoms with Gasteiger partial charge in [0.25, 0.3) is 0 Å². The molecule has 4 nitrogen and oxygen atoms in total. The van der Waals surface area contributed by atoms with Crippen LogP contribution in [-0.4, -0.2) is 28.6 Å². The van der Waals surface area contributed by atoms with Crippen molar-refractivity contribution in [2.45, 2.75) is 17.5 Å². The number of hydrogen-bond donors (Lipinski definition) is 2. The highest BCUT2D eigenvalue weighted by molar-refractivity contribution is 7.89. The highest BCUT2D eigenvalue weighted by Crippen LogP contribution is 2.32. The lowest BCUT2D eigenvalue weighted by Gasteiger charge is -2.11. The second kappa shape index (κ2) is 6.75. The minimum atomic E-state index is -4.65. The third kappa shape index (κ3) is 4.93. The van der Waals surface area contributed by atoms with Crippen molar-refractivity contribution in [1.29, 1.82) is 0 Å². The Kier molecular flexibility index (Phi) is 5.81. The molecule has 0 saturated heterocycles. The van der Waals surface area contributed by atoms with E-state index in [2.05, 4.69) is 10.0 Å². The lowest BCUT2D eigenvalue weighted by atomic mass is 10.2. The summed E-state index contributed by atoms with van der Waals surface area (Å²) in [5, 5.41) is 2.55. The van der Waals surface area contributed by atoms with Gasteiger partial charge < -0.3 is 5.32 Å². The first kappa shape index (κ1) is 17.2. The molecule has 1 aromatic rings. The number of alkyl halides is 3. The van der Waals surface area contributed by atoms with Crippen LogP contribution in [0.3, 0.4) is 0 Å². The summed E-state index contributed by atoms with van der Waals surface area (Å²) in [7, 11) is -2.30. The fraction of sp³-hybridized carbons (Fsp3) is 0.455. The van der Waals surface area contributed by atoms with Crippen molar-refractivity contribution in [2.75, 3.05) is 20.1 Å². The molecule has 0 atom stereocenters. The Morgan fingerprint density at radius 1 is 1.20 bits per heavy atom. The van der Waals surface area contributed by atoms with E-state index in [0.29, 0.717) is 25.1 Å². The van der Waals surface area contributed by atoms with Crippen molar-refractivity contribution < 1.29 is 21.6 Å². The highest BCUT2D eigenvalue weighted by Gasteiger charge is 2.32. The van der Waals surface area contributed by atoms with E-state index < -0.39 is 26.7 Å². The Morgan fingerprint density at radius 3 is 2.40 bits per heavy atom. The molecule has 0 radical (unpaired) electrons. The molecule has 0 aliphatic carbocycles. The van der Waals surface area contributed by atoms with Gasteiger partial charge in [-0.1, -0.05) is 11.6 Å². The van der Waals surface area contributed by atoms with Crippen LogP contribution in [0.5, 0.6) is 0 Å². The summed E-state index contributed by atoms with van der Waals surface area (Å²) in [5.74, 6) is 0. The standard InChI is InChI=1S/C11H14ClF3N2O2S/c1-16-3-2-4-17-20(18,19)10-6-8(11(13,14)15)5-9(12)7-10/h5-7,16-17H,2-4H2,1H3. The van der Waals surface area contributed by atoms with E-state index in [1.807, 2.05) is 0 Å². The topological polar surface area (TPSA) is 58.2 Å². The van der Waals surface area contributed by atoms with Crippen LogP contribution in [0.15, 0.2) is 23.1 Å². The molecule has 0 fully saturated rings. The first-order chi connectivity index (χ1) is 9.16. The SMILES string of the molecule is CNCCCNS(=O)(=O)c1cc(Cl)cc(C(F)(F)F)c1. The molecule has 20 heavy (non-hydrogen) atoms. The van der Waals surface area contributed by atoms with Crippen LogP contribution in [0.4, 0.5) is 13.2 Å². The van der Waals surface area contributed by atoms with Gasteiger partial charge in [-0.15, -0.1) is 0 Å². The van der Waals surface area contributed by atoms with Crippen molar-refractivity contribution >= 4 is 21.6 Å². The predicted molar refractivity (Wildman–Crippen MR) is 70.2 cm³/mol. The molecule has 0 unspecified atom stereocenters. The zero-order chi connectivity index (χ0) is 15.4. The normalized spacial score (nSPS) is 12.7. The van der Waals surface area contributed by atoms with Crippen molar-refractivity contribution in [3.05, 3.63) is 28.8 Å². The monoisotopic (exact) mass is 330 g/mol. The van der Waals surface area contributed by atoms with Gasteiger partial charge >= 0.3 is 6.18 Å². The van der Waals surface area contributed by atoms with Gasteiger partial charge in [0.05, 0.1) is 10.5 Å². The molecule has 0 aromatic heterocycles. The van der Waals surface area contributed by atoms with E-state index in [1.165, 1.54) is 0 Å². The summed E-state index contributed by atoms with van der Waals surface area (Å²) >= 11 is 5.54. The van der Waals surface area contributed by atoms with Crippen molar-refractivity contribution in [2.24, 2.45) is 0 Å². The first-order valence-corrected chi connectivity index (χ1v) is 7.55. The third-order valence-corrected chi connectivity index (χ3v) is 4.06.